The number of amides is 2. The average molecular weight is 338 g/mol. The highest BCUT2D eigenvalue weighted by molar-refractivity contribution is 5.95. The van der Waals surface area contributed by atoms with Gasteiger partial charge in [-0.25, -0.2) is 0 Å². The van der Waals surface area contributed by atoms with Crippen LogP contribution in [0.2, 0.25) is 0 Å². The predicted molar refractivity (Wildman–Crippen MR) is 102 cm³/mol. The van der Waals surface area contributed by atoms with Crippen molar-refractivity contribution in [2.45, 2.75) is 41.2 Å². The highest BCUT2D eigenvalue weighted by Crippen LogP contribution is 2.22. The van der Waals surface area contributed by atoms with Crippen LogP contribution in [0, 0.1) is 27.7 Å². The highest BCUT2D eigenvalue weighted by Gasteiger charge is 2.16. The van der Waals surface area contributed by atoms with Gasteiger partial charge >= 0.3 is 0 Å². The molecule has 0 aliphatic heterocycles. The predicted octanol–water partition coefficient (Wildman–Crippen LogP) is 3.91. The zero-order valence-corrected chi connectivity index (χ0v) is 15.6. The lowest BCUT2D eigenvalue weighted by atomic mass is 10.1. The van der Waals surface area contributed by atoms with E-state index in [0.717, 1.165) is 33.5 Å². The molecule has 0 aliphatic rings. The summed E-state index contributed by atoms with van der Waals surface area (Å²) in [6.07, 6.45) is 0. The van der Waals surface area contributed by atoms with E-state index in [9.17, 15) is 9.59 Å². The highest BCUT2D eigenvalue weighted by atomic mass is 16.2. The van der Waals surface area contributed by atoms with Crippen molar-refractivity contribution >= 4 is 17.5 Å². The number of nitrogens with zero attached hydrogens (tertiary/aromatic N) is 1. The lowest BCUT2D eigenvalue weighted by molar-refractivity contribution is -0.133. The molecule has 4 heteroatoms. The molecule has 4 nitrogen and oxygen atoms in total. The Kier molecular flexibility index (Phi) is 5.97. The molecular formula is C21H26N2O2. The first-order valence-electron chi connectivity index (χ1n) is 8.45. The van der Waals surface area contributed by atoms with Crippen molar-refractivity contribution in [3.8, 4) is 0 Å². The fraction of sp³-hybridized carbons (Fsp3) is 0.333. The second kappa shape index (κ2) is 7.97. The average Bonchev–Trinajstić information content (AvgIpc) is 2.50. The summed E-state index contributed by atoms with van der Waals surface area (Å²) >= 11 is 0. The molecule has 2 aromatic rings. The van der Waals surface area contributed by atoms with Crippen molar-refractivity contribution in [2.24, 2.45) is 0 Å². The molecular weight excluding hydrogens is 312 g/mol. The van der Waals surface area contributed by atoms with Crippen LogP contribution in [0.5, 0.6) is 0 Å². The lowest BCUT2D eigenvalue weighted by Crippen LogP contribution is -2.36. The third kappa shape index (κ3) is 5.18. The molecule has 0 unspecified atom stereocenters. The van der Waals surface area contributed by atoms with Crippen LogP contribution < -0.4 is 5.32 Å². The van der Waals surface area contributed by atoms with Crippen molar-refractivity contribution in [2.75, 3.05) is 11.9 Å². The molecule has 2 aromatic carbocycles. The summed E-state index contributed by atoms with van der Waals surface area (Å²) in [5, 5.41) is 2.96. The fourth-order valence-electron chi connectivity index (χ4n) is 3.04. The quantitative estimate of drug-likeness (QED) is 0.898. The minimum absolute atomic E-state index is 0.0377. The third-order valence-electron chi connectivity index (χ3n) is 4.18. The van der Waals surface area contributed by atoms with Gasteiger partial charge in [-0.3, -0.25) is 9.59 Å². The van der Waals surface area contributed by atoms with Crippen molar-refractivity contribution in [3.63, 3.8) is 0 Å². The summed E-state index contributed by atoms with van der Waals surface area (Å²) in [5.41, 5.74) is 6.20. The molecule has 0 radical (unpaired) electrons. The van der Waals surface area contributed by atoms with Gasteiger partial charge in [-0.15, -0.1) is 0 Å². The van der Waals surface area contributed by atoms with Gasteiger partial charge in [0.2, 0.25) is 11.8 Å². The van der Waals surface area contributed by atoms with Crippen molar-refractivity contribution in [1.29, 1.82) is 0 Å². The maximum atomic E-state index is 12.5. The van der Waals surface area contributed by atoms with Gasteiger partial charge in [-0.2, -0.15) is 0 Å². The van der Waals surface area contributed by atoms with Gasteiger partial charge in [0.1, 0.15) is 6.54 Å². The Balaban J connectivity index is 2.09. The second-order valence-corrected chi connectivity index (χ2v) is 6.69. The molecule has 0 atom stereocenters. The van der Waals surface area contributed by atoms with Crippen LogP contribution in [0.3, 0.4) is 0 Å². The van der Waals surface area contributed by atoms with Crippen LogP contribution in [-0.2, 0) is 16.1 Å². The molecule has 0 aromatic heterocycles. The van der Waals surface area contributed by atoms with Crippen LogP contribution in [0.15, 0.2) is 36.4 Å². The zero-order valence-electron chi connectivity index (χ0n) is 15.6. The Labute approximate surface area is 149 Å². The number of carbonyl (C=O) groups is 2. The smallest absolute Gasteiger partial charge is 0.244 e. The lowest BCUT2D eigenvalue weighted by Gasteiger charge is -2.22. The van der Waals surface area contributed by atoms with E-state index in [4.69, 9.17) is 0 Å². The van der Waals surface area contributed by atoms with Gasteiger partial charge < -0.3 is 10.2 Å². The summed E-state index contributed by atoms with van der Waals surface area (Å²) < 4.78 is 0. The molecule has 2 amide bonds. The summed E-state index contributed by atoms with van der Waals surface area (Å²) in [6, 6.07) is 12.0. The van der Waals surface area contributed by atoms with E-state index >= 15 is 0 Å². The number of aryl methyl sites for hydroxylation is 4. The Morgan fingerprint density at radius 2 is 1.60 bits per heavy atom. The molecule has 1 N–H and O–H groups in total. The van der Waals surface area contributed by atoms with E-state index in [2.05, 4.69) is 5.32 Å². The summed E-state index contributed by atoms with van der Waals surface area (Å²) in [4.78, 5) is 26.0. The van der Waals surface area contributed by atoms with Gasteiger partial charge in [0.25, 0.3) is 0 Å². The summed E-state index contributed by atoms with van der Waals surface area (Å²) in [7, 11) is 0. The fourth-order valence-corrected chi connectivity index (χ4v) is 3.04. The molecule has 0 heterocycles. The number of carbonyl (C=O) groups excluding carboxylic acids is 2. The Bertz CT molecular complexity index is 773. The number of benzene rings is 2. The first kappa shape index (κ1) is 18.7. The maximum Gasteiger partial charge on any atom is 0.244 e. The van der Waals surface area contributed by atoms with E-state index < -0.39 is 0 Å². The normalized spacial score (nSPS) is 10.4. The van der Waals surface area contributed by atoms with E-state index in [0.29, 0.717) is 6.54 Å². The van der Waals surface area contributed by atoms with Crippen LogP contribution in [0.4, 0.5) is 5.69 Å². The number of rotatable bonds is 5. The molecule has 2 rings (SSSR count). The molecule has 0 aliphatic carbocycles. The van der Waals surface area contributed by atoms with E-state index in [-0.39, 0.29) is 18.4 Å². The monoisotopic (exact) mass is 338 g/mol. The van der Waals surface area contributed by atoms with Crippen molar-refractivity contribution < 1.29 is 9.59 Å². The van der Waals surface area contributed by atoms with Crippen LogP contribution in [0.1, 0.15) is 34.7 Å². The number of nitrogens with one attached hydrogen (secondary N) is 1. The first-order valence-corrected chi connectivity index (χ1v) is 8.45. The minimum atomic E-state index is -0.182. The van der Waals surface area contributed by atoms with Crippen molar-refractivity contribution in [1.82, 2.24) is 4.90 Å². The Hall–Kier alpha value is -2.62. The molecule has 0 fully saturated rings. The van der Waals surface area contributed by atoms with E-state index in [1.54, 1.807) is 4.90 Å². The third-order valence-corrected chi connectivity index (χ3v) is 4.18. The second-order valence-electron chi connectivity index (χ2n) is 6.69. The largest absolute Gasteiger partial charge is 0.329 e. The minimum Gasteiger partial charge on any atom is -0.329 e. The summed E-state index contributed by atoms with van der Waals surface area (Å²) in [5.74, 6) is -0.299. The van der Waals surface area contributed by atoms with Crippen LogP contribution >= 0.6 is 0 Å². The maximum absolute atomic E-state index is 12.5. The number of hydrogen-bond acceptors (Lipinski definition) is 2. The topological polar surface area (TPSA) is 49.4 Å². The summed E-state index contributed by atoms with van der Waals surface area (Å²) in [6.45, 7) is 9.95. The number of hydrogen-bond donors (Lipinski definition) is 1. The first-order chi connectivity index (χ1) is 11.8. The zero-order chi connectivity index (χ0) is 18.6. The van der Waals surface area contributed by atoms with Gasteiger partial charge in [0.05, 0.1) is 0 Å². The van der Waals surface area contributed by atoms with E-state index in [1.807, 2.05) is 64.1 Å². The van der Waals surface area contributed by atoms with Crippen molar-refractivity contribution in [3.05, 3.63) is 64.2 Å². The molecule has 0 saturated carbocycles. The Morgan fingerprint density at radius 1 is 0.960 bits per heavy atom. The SMILES string of the molecule is CC(=O)N(CC(=O)Nc1c(C)cc(C)cc1C)Cc1cccc(C)c1. The van der Waals surface area contributed by atoms with Crippen LogP contribution in [0.25, 0.3) is 0 Å². The van der Waals surface area contributed by atoms with E-state index in [1.165, 1.54) is 6.92 Å². The molecule has 0 spiro atoms. The molecule has 132 valence electrons. The standard InChI is InChI=1S/C21H26N2O2/c1-14-7-6-8-19(11-14)12-23(18(5)24)13-20(25)22-21-16(3)9-15(2)10-17(21)4/h6-11H,12-13H2,1-5H3,(H,22,25). The van der Waals surface area contributed by atoms with Gasteiger partial charge in [-0.1, -0.05) is 47.5 Å². The van der Waals surface area contributed by atoms with Crippen LogP contribution in [-0.4, -0.2) is 23.3 Å². The van der Waals surface area contributed by atoms with Gasteiger partial charge in [0.15, 0.2) is 0 Å². The molecule has 25 heavy (non-hydrogen) atoms. The Morgan fingerprint density at radius 3 is 2.16 bits per heavy atom. The molecule has 0 bridgehead atoms. The molecule has 0 saturated heterocycles. The number of anilines is 1. The van der Waals surface area contributed by atoms with Gasteiger partial charge in [0, 0.05) is 19.2 Å². The van der Waals surface area contributed by atoms with Gasteiger partial charge in [-0.05, 0) is 44.4 Å².